The molecular weight excluding hydrogens is 470 g/mol. The molecule has 37 heavy (non-hydrogen) atoms. The predicted molar refractivity (Wildman–Crippen MR) is 146 cm³/mol. The maximum atomic E-state index is 13.1. The molecule has 1 atom stereocenters. The molecule has 0 saturated carbocycles. The minimum Gasteiger partial charge on any atom is -0.496 e. The van der Waals surface area contributed by atoms with E-state index < -0.39 is 5.97 Å². The number of nitrogens with two attached hydrogens (primary N) is 1. The first kappa shape index (κ1) is 27.7. The number of carboxylic acids is 1. The molecule has 0 aliphatic rings. The van der Waals surface area contributed by atoms with Crippen LogP contribution in [0.2, 0.25) is 0 Å². The highest BCUT2D eigenvalue weighted by atomic mass is 16.5. The summed E-state index contributed by atoms with van der Waals surface area (Å²) in [7, 11) is 1.55. The number of benzene rings is 3. The fourth-order valence-corrected chi connectivity index (χ4v) is 4.64. The van der Waals surface area contributed by atoms with Crippen LogP contribution >= 0.6 is 0 Å². The summed E-state index contributed by atoms with van der Waals surface area (Å²) in [5, 5.41) is 10.9. The molecule has 8 nitrogen and oxygen atoms in total. The van der Waals surface area contributed by atoms with Gasteiger partial charge in [0.2, 0.25) is 12.3 Å². The number of hydrogen-bond donors (Lipinski definition) is 2. The molecule has 0 radical (unpaired) electrons. The van der Waals surface area contributed by atoms with E-state index in [1.165, 1.54) is 6.07 Å². The lowest BCUT2D eigenvalue weighted by molar-refractivity contribution is -0.118. The molecule has 196 valence electrons. The highest BCUT2D eigenvalue weighted by Crippen LogP contribution is 2.35. The Labute approximate surface area is 217 Å². The van der Waals surface area contributed by atoms with Gasteiger partial charge in [-0.3, -0.25) is 9.59 Å². The molecule has 0 spiro atoms. The van der Waals surface area contributed by atoms with Gasteiger partial charge in [0.05, 0.1) is 30.6 Å². The Morgan fingerprint density at radius 2 is 1.84 bits per heavy atom. The van der Waals surface area contributed by atoms with Crippen LogP contribution in [0, 0.1) is 5.92 Å². The second-order valence-electron chi connectivity index (χ2n) is 9.15. The standard InChI is InChI=1S/C29H35N3O5/c1-4-7-20(2)17-32(28(34)14-15-30)26-9-6-5-8-25(26)31(19-33)18-24-23-12-10-22(29(35)36)16-21(23)11-13-27(24)37-3/h5-6,8-13,16,19-20H,4,7,14-15,17-18,30H2,1-3H3,(H,35,36). The Bertz CT molecular complexity index is 1260. The number of rotatable bonds is 13. The van der Waals surface area contributed by atoms with Gasteiger partial charge < -0.3 is 25.4 Å². The molecular formula is C29H35N3O5. The zero-order chi connectivity index (χ0) is 26.9. The zero-order valence-electron chi connectivity index (χ0n) is 21.6. The Balaban J connectivity index is 2.08. The van der Waals surface area contributed by atoms with Crippen molar-refractivity contribution in [1.29, 1.82) is 0 Å². The summed E-state index contributed by atoms with van der Waals surface area (Å²) in [6.45, 7) is 5.14. The number of fused-ring (bicyclic) bond motifs is 1. The molecule has 3 aromatic rings. The van der Waals surface area contributed by atoms with Crippen molar-refractivity contribution < 1.29 is 24.2 Å². The summed E-state index contributed by atoms with van der Waals surface area (Å²) in [6, 6.07) is 15.8. The summed E-state index contributed by atoms with van der Waals surface area (Å²) < 4.78 is 5.60. The van der Waals surface area contributed by atoms with E-state index in [-0.39, 0.29) is 36.9 Å². The van der Waals surface area contributed by atoms with Crippen molar-refractivity contribution in [1.82, 2.24) is 0 Å². The molecule has 0 saturated heterocycles. The van der Waals surface area contributed by atoms with Crippen LogP contribution in [0.25, 0.3) is 10.8 Å². The van der Waals surface area contributed by atoms with Crippen molar-refractivity contribution in [3.05, 3.63) is 65.7 Å². The zero-order valence-corrected chi connectivity index (χ0v) is 21.6. The lowest BCUT2D eigenvalue weighted by Crippen LogP contribution is -2.37. The summed E-state index contributed by atoms with van der Waals surface area (Å²) >= 11 is 0. The molecule has 0 bridgehead atoms. The minimum absolute atomic E-state index is 0.0901. The second kappa shape index (κ2) is 12.9. The number of para-hydroxylation sites is 2. The largest absolute Gasteiger partial charge is 0.496 e. The third-order valence-corrected chi connectivity index (χ3v) is 6.43. The SMILES string of the molecule is CCCC(C)CN(C(=O)CCN)c1ccccc1N(C=O)Cc1c(OC)ccc2cc(C(=O)O)ccc12. The van der Waals surface area contributed by atoms with Gasteiger partial charge in [-0.05, 0) is 53.4 Å². The summed E-state index contributed by atoms with van der Waals surface area (Å²) in [4.78, 5) is 40.4. The van der Waals surface area contributed by atoms with Gasteiger partial charge >= 0.3 is 5.97 Å². The summed E-state index contributed by atoms with van der Waals surface area (Å²) in [5.74, 6) is -0.256. The second-order valence-corrected chi connectivity index (χ2v) is 9.15. The summed E-state index contributed by atoms with van der Waals surface area (Å²) in [6.07, 6.45) is 2.92. The highest BCUT2D eigenvalue weighted by molar-refractivity contribution is 6.00. The van der Waals surface area contributed by atoms with Crippen LogP contribution < -0.4 is 20.3 Å². The molecule has 0 aromatic heterocycles. The smallest absolute Gasteiger partial charge is 0.335 e. The van der Waals surface area contributed by atoms with Crippen LogP contribution in [0.5, 0.6) is 5.75 Å². The lowest BCUT2D eigenvalue weighted by atomic mass is 10.00. The quantitative estimate of drug-likeness (QED) is 0.322. The normalized spacial score (nSPS) is 11.7. The van der Waals surface area contributed by atoms with Crippen molar-refractivity contribution in [2.24, 2.45) is 11.7 Å². The van der Waals surface area contributed by atoms with E-state index in [4.69, 9.17) is 10.5 Å². The van der Waals surface area contributed by atoms with Gasteiger partial charge in [0.25, 0.3) is 0 Å². The van der Waals surface area contributed by atoms with Gasteiger partial charge in [0.15, 0.2) is 0 Å². The maximum Gasteiger partial charge on any atom is 0.335 e. The number of carbonyl (C=O) groups is 3. The van der Waals surface area contributed by atoms with E-state index in [0.29, 0.717) is 23.7 Å². The molecule has 3 N–H and O–H groups in total. The van der Waals surface area contributed by atoms with Crippen molar-refractivity contribution >= 4 is 40.4 Å². The monoisotopic (exact) mass is 505 g/mol. The fraction of sp³-hybridized carbons (Fsp3) is 0.345. The van der Waals surface area contributed by atoms with Gasteiger partial charge in [-0.15, -0.1) is 0 Å². The number of carboxylic acid groups (broad SMARTS) is 1. The minimum atomic E-state index is -1.01. The van der Waals surface area contributed by atoms with Crippen molar-refractivity contribution in [3.63, 3.8) is 0 Å². The average molecular weight is 506 g/mol. The number of hydrogen-bond acceptors (Lipinski definition) is 5. The van der Waals surface area contributed by atoms with Crippen LogP contribution in [-0.4, -0.2) is 43.6 Å². The Hall–Kier alpha value is -3.91. The molecule has 8 heteroatoms. The van der Waals surface area contributed by atoms with Crippen LogP contribution in [-0.2, 0) is 16.1 Å². The molecule has 1 unspecified atom stereocenters. The molecule has 3 aromatic carbocycles. The third kappa shape index (κ3) is 6.46. The Morgan fingerprint density at radius 1 is 1.11 bits per heavy atom. The first-order chi connectivity index (χ1) is 17.8. The number of carbonyl (C=O) groups excluding carboxylic acids is 2. The molecule has 2 amide bonds. The van der Waals surface area contributed by atoms with Crippen molar-refractivity contribution in [2.45, 2.75) is 39.7 Å². The summed E-state index contributed by atoms with van der Waals surface area (Å²) in [5.41, 5.74) is 7.85. The van der Waals surface area contributed by atoms with Crippen molar-refractivity contribution in [2.75, 3.05) is 30.0 Å². The van der Waals surface area contributed by atoms with Crippen LogP contribution in [0.1, 0.15) is 49.0 Å². The number of methoxy groups -OCH3 is 1. The van der Waals surface area contributed by atoms with Gasteiger partial charge in [0.1, 0.15) is 5.75 Å². The first-order valence-electron chi connectivity index (χ1n) is 12.5. The Morgan fingerprint density at radius 3 is 2.46 bits per heavy atom. The molecule has 0 fully saturated rings. The fourth-order valence-electron chi connectivity index (χ4n) is 4.64. The predicted octanol–water partition coefficient (Wildman–Crippen LogP) is 4.83. The van der Waals surface area contributed by atoms with Gasteiger partial charge in [-0.25, -0.2) is 4.79 Å². The molecule has 0 heterocycles. The number of aromatic carboxylic acids is 1. The van der Waals surface area contributed by atoms with Gasteiger partial charge in [-0.1, -0.05) is 44.5 Å². The number of ether oxygens (including phenoxy) is 1. The van der Waals surface area contributed by atoms with Crippen LogP contribution in [0.15, 0.2) is 54.6 Å². The van der Waals surface area contributed by atoms with Crippen molar-refractivity contribution in [3.8, 4) is 5.75 Å². The van der Waals surface area contributed by atoms with Crippen LogP contribution in [0.4, 0.5) is 11.4 Å². The third-order valence-electron chi connectivity index (χ3n) is 6.43. The molecule has 3 rings (SSSR count). The van der Waals surface area contributed by atoms with E-state index >= 15 is 0 Å². The van der Waals surface area contributed by atoms with E-state index in [9.17, 15) is 19.5 Å². The molecule has 0 aliphatic carbocycles. The topological polar surface area (TPSA) is 113 Å². The van der Waals surface area contributed by atoms with E-state index in [1.807, 2.05) is 24.3 Å². The van der Waals surface area contributed by atoms with E-state index in [0.717, 1.165) is 35.6 Å². The number of anilines is 2. The van der Waals surface area contributed by atoms with E-state index in [1.54, 1.807) is 41.2 Å². The first-order valence-corrected chi connectivity index (χ1v) is 12.5. The number of nitrogens with zero attached hydrogens (tertiary/aromatic N) is 2. The average Bonchev–Trinajstić information content (AvgIpc) is 2.90. The van der Waals surface area contributed by atoms with Gasteiger partial charge in [0, 0.05) is 25.1 Å². The lowest BCUT2D eigenvalue weighted by Gasteiger charge is -2.31. The maximum absolute atomic E-state index is 13.1. The van der Waals surface area contributed by atoms with E-state index in [2.05, 4.69) is 13.8 Å². The van der Waals surface area contributed by atoms with Crippen LogP contribution in [0.3, 0.4) is 0 Å². The molecule has 0 aliphatic heterocycles. The number of amides is 2. The highest BCUT2D eigenvalue weighted by Gasteiger charge is 2.24. The Kier molecular flexibility index (Phi) is 9.63. The van der Waals surface area contributed by atoms with Gasteiger partial charge in [-0.2, -0.15) is 0 Å².